The van der Waals surface area contributed by atoms with Gasteiger partial charge in [0.25, 0.3) is 11.9 Å². The van der Waals surface area contributed by atoms with Crippen LogP contribution in [0.1, 0.15) is 17.4 Å². The molecule has 0 radical (unpaired) electrons. The first-order chi connectivity index (χ1) is 12.9. The zero-order valence-corrected chi connectivity index (χ0v) is 15.1. The van der Waals surface area contributed by atoms with Crippen molar-refractivity contribution < 1.29 is 18.7 Å². The number of halogens is 2. The number of carbonyl (C=O) groups excluding carboxylic acids is 1. The summed E-state index contributed by atoms with van der Waals surface area (Å²) in [6.45, 7) is 2.59. The summed E-state index contributed by atoms with van der Waals surface area (Å²) in [5.74, 6) is -0.534. The standard InChI is InChI=1S/C18H16ClFN4O3/c1-10-8-26-9-16(10)27-18(21)24-15-6-12(3-4-13(15)20)23-17(25)14-5-2-11(19)7-22-14/h2-7H,8-9H2,1H3,(H2,21,24)(H,23,25). The molecule has 0 atom stereocenters. The van der Waals surface area contributed by atoms with Gasteiger partial charge < -0.3 is 20.5 Å². The molecule has 0 saturated carbocycles. The SMILES string of the molecule is CC1=C(O/C(N)=N\c2cc(NC(=O)c3ccc(Cl)cn3)ccc2F)COC1. The second-order valence-corrected chi connectivity index (χ2v) is 6.17. The Balaban J connectivity index is 1.75. The molecular formula is C18H16ClFN4O3. The summed E-state index contributed by atoms with van der Waals surface area (Å²) >= 11 is 5.75. The Kier molecular flexibility index (Phi) is 5.68. The predicted molar refractivity (Wildman–Crippen MR) is 99.5 cm³/mol. The summed E-state index contributed by atoms with van der Waals surface area (Å²) in [5, 5.41) is 3.02. The van der Waals surface area contributed by atoms with E-state index in [9.17, 15) is 9.18 Å². The third kappa shape index (κ3) is 4.81. The van der Waals surface area contributed by atoms with Gasteiger partial charge in [-0.15, -0.1) is 0 Å². The zero-order chi connectivity index (χ0) is 19.4. The molecule has 0 aliphatic carbocycles. The number of aromatic nitrogens is 1. The number of nitrogens with two attached hydrogens (primary N) is 1. The van der Waals surface area contributed by atoms with Gasteiger partial charge in [0.1, 0.15) is 29.6 Å². The van der Waals surface area contributed by atoms with Crippen molar-refractivity contribution in [3.05, 3.63) is 64.4 Å². The number of nitrogens with zero attached hydrogens (tertiary/aromatic N) is 2. The number of ether oxygens (including phenoxy) is 2. The van der Waals surface area contributed by atoms with Crippen LogP contribution in [0.25, 0.3) is 0 Å². The highest BCUT2D eigenvalue weighted by Crippen LogP contribution is 2.24. The highest BCUT2D eigenvalue weighted by Gasteiger charge is 2.15. The Hall–Kier alpha value is -2.97. The number of benzene rings is 1. The lowest BCUT2D eigenvalue weighted by atomic mass is 10.2. The number of hydrogen-bond donors (Lipinski definition) is 2. The van der Waals surface area contributed by atoms with Gasteiger partial charge in [0.2, 0.25) is 0 Å². The molecule has 0 fully saturated rings. The van der Waals surface area contributed by atoms with Crippen molar-refractivity contribution in [2.75, 3.05) is 18.5 Å². The zero-order valence-electron chi connectivity index (χ0n) is 14.3. The maximum atomic E-state index is 14.0. The molecule has 1 amide bonds. The number of hydrogen-bond acceptors (Lipinski definition) is 5. The van der Waals surface area contributed by atoms with Gasteiger partial charge in [-0.3, -0.25) is 4.79 Å². The number of aliphatic imine (C=N–C) groups is 1. The number of pyridine rings is 1. The fourth-order valence-corrected chi connectivity index (χ4v) is 2.38. The molecule has 3 rings (SSSR count). The number of anilines is 1. The highest BCUT2D eigenvalue weighted by molar-refractivity contribution is 6.30. The highest BCUT2D eigenvalue weighted by atomic mass is 35.5. The number of amidine groups is 1. The van der Waals surface area contributed by atoms with Crippen LogP contribution in [0, 0.1) is 5.82 Å². The maximum absolute atomic E-state index is 14.0. The van der Waals surface area contributed by atoms with Crippen LogP contribution in [-0.2, 0) is 9.47 Å². The monoisotopic (exact) mass is 390 g/mol. The summed E-state index contributed by atoms with van der Waals surface area (Å²) in [4.78, 5) is 20.1. The van der Waals surface area contributed by atoms with Crippen molar-refractivity contribution in [2.45, 2.75) is 6.92 Å². The molecule has 2 heterocycles. The van der Waals surface area contributed by atoms with Crippen LogP contribution in [0.5, 0.6) is 0 Å². The smallest absolute Gasteiger partial charge is 0.292 e. The first-order valence-electron chi connectivity index (χ1n) is 7.93. The van der Waals surface area contributed by atoms with Crippen LogP contribution < -0.4 is 11.1 Å². The number of carbonyl (C=O) groups is 1. The van der Waals surface area contributed by atoms with Gasteiger partial charge in [0, 0.05) is 11.9 Å². The lowest BCUT2D eigenvalue weighted by Crippen LogP contribution is -2.17. The second kappa shape index (κ2) is 8.15. The molecule has 0 saturated heterocycles. The van der Waals surface area contributed by atoms with Crippen molar-refractivity contribution in [1.82, 2.24) is 4.98 Å². The Bertz CT molecular complexity index is 929. The predicted octanol–water partition coefficient (Wildman–Crippen LogP) is 3.39. The molecule has 140 valence electrons. The van der Waals surface area contributed by atoms with E-state index in [-0.39, 0.29) is 24.0 Å². The van der Waals surface area contributed by atoms with E-state index in [1.807, 2.05) is 6.92 Å². The van der Waals surface area contributed by atoms with Crippen molar-refractivity contribution in [2.24, 2.45) is 10.7 Å². The van der Waals surface area contributed by atoms with E-state index in [1.54, 1.807) is 6.07 Å². The Morgan fingerprint density at radius 1 is 1.37 bits per heavy atom. The van der Waals surface area contributed by atoms with Crippen molar-refractivity contribution in [1.29, 1.82) is 0 Å². The number of rotatable bonds is 4. The van der Waals surface area contributed by atoms with E-state index >= 15 is 0 Å². The minimum Gasteiger partial charge on any atom is -0.428 e. The molecule has 3 N–H and O–H groups in total. The molecule has 27 heavy (non-hydrogen) atoms. The maximum Gasteiger partial charge on any atom is 0.292 e. The van der Waals surface area contributed by atoms with Gasteiger partial charge in [0.05, 0.1) is 11.6 Å². The van der Waals surface area contributed by atoms with Gasteiger partial charge in [-0.05, 0) is 42.8 Å². The van der Waals surface area contributed by atoms with Crippen LogP contribution in [-0.4, -0.2) is 30.1 Å². The average molecular weight is 391 g/mol. The normalized spacial score (nSPS) is 14.4. The topological polar surface area (TPSA) is 98.8 Å². The number of nitrogens with one attached hydrogen (secondary N) is 1. The molecular weight excluding hydrogens is 375 g/mol. The van der Waals surface area contributed by atoms with Crippen molar-refractivity contribution in [3.8, 4) is 0 Å². The molecule has 0 unspecified atom stereocenters. The molecule has 7 nitrogen and oxygen atoms in total. The minimum absolute atomic E-state index is 0.0773. The number of amides is 1. The molecule has 1 aromatic heterocycles. The molecule has 2 aromatic rings. The summed E-state index contributed by atoms with van der Waals surface area (Å²) in [5.41, 5.74) is 7.04. The van der Waals surface area contributed by atoms with Crippen LogP contribution in [0.3, 0.4) is 0 Å². The van der Waals surface area contributed by atoms with E-state index < -0.39 is 11.7 Å². The largest absolute Gasteiger partial charge is 0.428 e. The third-order valence-electron chi connectivity index (χ3n) is 3.65. The van der Waals surface area contributed by atoms with Gasteiger partial charge in [-0.2, -0.15) is 4.99 Å². The molecule has 0 spiro atoms. The molecule has 1 aliphatic rings. The quantitative estimate of drug-likeness (QED) is 0.615. The van der Waals surface area contributed by atoms with E-state index in [0.717, 1.165) is 5.57 Å². The van der Waals surface area contributed by atoms with Crippen LogP contribution in [0.15, 0.2) is 52.9 Å². The first-order valence-corrected chi connectivity index (χ1v) is 8.31. The molecule has 1 aromatic carbocycles. The fourth-order valence-electron chi connectivity index (χ4n) is 2.27. The van der Waals surface area contributed by atoms with Crippen molar-refractivity contribution in [3.63, 3.8) is 0 Å². The molecule has 0 bridgehead atoms. The van der Waals surface area contributed by atoms with Crippen LogP contribution in [0.2, 0.25) is 5.02 Å². The van der Waals surface area contributed by atoms with Crippen LogP contribution in [0.4, 0.5) is 15.8 Å². The summed E-state index contributed by atoms with van der Waals surface area (Å²) in [6, 6.07) is 6.70. The lowest BCUT2D eigenvalue weighted by molar-refractivity contribution is 0.102. The van der Waals surface area contributed by atoms with Gasteiger partial charge in [0.15, 0.2) is 0 Å². The van der Waals surface area contributed by atoms with Crippen LogP contribution >= 0.6 is 11.6 Å². The van der Waals surface area contributed by atoms with Crippen molar-refractivity contribution >= 4 is 34.9 Å². The van der Waals surface area contributed by atoms with E-state index in [2.05, 4.69) is 15.3 Å². The van der Waals surface area contributed by atoms with Gasteiger partial charge in [-0.1, -0.05) is 11.6 Å². The Morgan fingerprint density at radius 3 is 2.85 bits per heavy atom. The van der Waals surface area contributed by atoms with E-state index in [1.165, 1.54) is 30.5 Å². The molecule has 1 aliphatic heterocycles. The third-order valence-corrected chi connectivity index (χ3v) is 3.87. The second-order valence-electron chi connectivity index (χ2n) is 5.73. The average Bonchev–Trinajstić information content (AvgIpc) is 3.03. The van der Waals surface area contributed by atoms with E-state index in [0.29, 0.717) is 23.1 Å². The summed E-state index contributed by atoms with van der Waals surface area (Å²) in [7, 11) is 0. The Labute approximate surface area is 159 Å². The van der Waals surface area contributed by atoms with E-state index in [4.69, 9.17) is 26.8 Å². The lowest BCUT2D eigenvalue weighted by Gasteiger charge is -2.08. The Morgan fingerprint density at radius 2 is 2.19 bits per heavy atom. The summed E-state index contributed by atoms with van der Waals surface area (Å²) in [6.07, 6.45) is 1.36. The molecule has 9 heteroatoms. The van der Waals surface area contributed by atoms with Gasteiger partial charge in [-0.25, -0.2) is 9.37 Å². The first kappa shape index (κ1) is 18.8. The minimum atomic E-state index is -0.613. The van der Waals surface area contributed by atoms with Gasteiger partial charge >= 0.3 is 0 Å². The fraction of sp³-hybridized carbons (Fsp3) is 0.167. The summed E-state index contributed by atoms with van der Waals surface area (Å²) < 4.78 is 24.6.